The van der Waals surface area contributed by atoms with Crippen molar-refractivity contribution in [3.05, 3.63) is 0 Å². The van der Waals surface area contributed by atoms with Crippen LogP contribution in [0.4, 0.5) is 0 Å². The monoisotopic (exact) mass is 206 g/mol. The Labute approximate surface area is 77.8 Å². The second-order valence-electron chi connectivity index (χ2n) is 3.09. The largest absolute Gasteiger partial charge is 0.341 e. The van der Waals surface area contributed by atoms with Crippen molar-refractivity contribution in [2.45, 2.75) is 6.42 Å². The summed E-state index contributed by atoms with van der Waals surface area (Å²) in [6.45, 7) is 0.758. The summed E-state index contributed by atoms with van der Waals surface area (Å²) in [5, 5.41) is 0. The molecule has 0 saturated carbocycles. The third-order valence-electron chi connectivity index (χ3n) is 2.08. The van der Waals surface area contributed by atoms with Crippen LogP contribution in [0.1, 0.15) is 6.42 Å². The van der Waals surface area contributed by atoms with Gasteiger partial charge in [-0.15, -0.1) is 0 Å². The summed E-state index contributed by atoms with van der Waals surface area (Å²) in [7, 11) is -2.93. The van der Waals surface area contributed by atoms with E-state index in [1.807, 2.05) is 0 Å². The Kier molecular flexibility index (Phi) is 3.27. The molecule has 1 amide bonds. The Bertz CT molecular complexity index is 286. The zero-order chi connectivity index (χ0) is 9.90. The van der Waals surface area contributed by atoms with Gasteiger partial charge < -0.3 is 10.6 Å². The molecule has 0 aromatic rings. The maximum atomic E-state index is 11.2. The Balaban J connectivity index is 2.60. The molecule has 0 bridgehead atoms. The van der Waals surface area contributed by atoms with Gasteiger partial charge in [-0.1, -0.05) is 0 Å². The second kappa shape index (κ2) is 4.06. The van der Waals surface area contributed by atoms with E-state index in [-0.39, 0.29) is 24.0 Å². The fourth-order valence-corrected chi connectivity index (χ4v) is 2.59. The van der Waals surface area contributed by atoms with Crippen LogP contribution in [0.2, 0.25) is 0 Å². The number of carbonyl (C=O) groups is 1. The lowest BCUT2D eigenvalue weighted by molar-refractivity contribution is -0.129. The molecule has 1 saturated heterocycles. The van der Waals surface area contributed by atoms with Gasteiger partial charge in [-0.3, -0.25) is 4.79 Å². The zero-order valence-electron chi connectivity index (χ0n) is 7.40. The van der Waals surface area contributed by atoms with Crippen LogP contribution >= 0.6 is 0 Å². The van der Waals surface area contributed by atoms with Crippen LogP contribution in [0.25, 0.3) is 0 Å². The molecule has 1 rings (SSSR count). The molecule has 76 valence electrons. The number of carbonyl (C=O) groups excluding carboxylic acids is 1. The van der Waals surface area contributed by atoms with E-state index in [1.54, 1.807) is 0 Å². The highest BCUT2D eigenvalue weighted by atomic mass is 32.2. The van der Waals surface area contributed by atoms with Gasteiger partial charge in [-0.05, 0) is 6.42 Å². The summed E-state index contributed by atoms with van der Waals surface area (Å²) in [5.41, 5.74) is 5.18. The second-order valence-corrected chi connectivity index (χ2v) is 5.39. The van der Waals surface area contributed by atoms with Crippen LogP contribution in [-0.4, -0.2) is 50.4 Å². The van der Waals surface area contributed by atoms with Crippen molar-refractivity contribution in [2.24, 2.45) is 5.73 Å². The summed E-state index contributed by atoms with van der Waals surface area (Å²) in [6.07, 6.45) is 0.522. The van der Waals surface area contributed by atoms with Gasteiger partial charge in [0.05, 0.1) is 18.1 Å². The molecule has 13 heavy (non-hydrogen) atoms. The third kappa shape index (κ3) is 2.96. The first kappa shape index (κ1) is 10.5. The van der Waals surface area contributed by atoms with Crippen LogP contribution in [0.5, 0.6) is 0 Å². The molecule has 1 heterocycles. The molecule has 0 unspecified atom stereocenters. The molecule has 0 aromatic carbocycles. The van der Waals surface area contributed by atoms with E-state index in [1.165, 1.54) is 4.90 Å². The summed E-state index contributed by atoms with van der Waals surface area (Å²) >= 11 is 0. The Morgan fingerprint density at radius 3 is 2.62 bits per heavy atom. The van der Waals surface area contributed by atoms with Crippen molar-refractivity contribution in [2.75, 3.05) is 31.1 Å². The molecular formula is C7H14N2O3S. The van der Waals surface area contributed by atoms with Gasteiger partial charge in [0, 0.05) is 13.1 Å². The molecule has 0 radical (unpaired) electrons. The highest BCUT2D eigenvalue weighted by Gasteiger charge is 2.21. The first-order chi connectivity index (χ1) is 6.05. The highest BCUT2D eigenvalue weighted by Crippen LogP contribution is 2.04. The van der Waals surface area contributed by atoms with Gasteiger partial charge in [0.1, 0.15) is 0 Å². The van der Waals surface area contributed by atoms with E-state index >= 15 is 0 Å². The van der Waals surface area contributed by atoms with E-state index in [4.69, 9.17) is 5.73 Å². The van der Waals surface area contributed by atoms with Crippen LogP contribution < -0.4 is 5.73 Å². The van der Waals surface area contributed by atoms with Gasteiger partial charge in [0.2, 0.25) is 5.91 Å². The number of rotatable bonds is 1. The van der Waals surface area contributed by atoms with E-state index in [9.17, 15) is 13.2 Å². The number of nitrogens with zero attached hydrogens (tertiary/aromatic N) is 1. The van der Waals surface area contributed by atoms with Crippen molar-refractivity contribution in [3.8, 4) is 0 Å². The zero-order valence-corrected chi connectivity index (χ0v) is 8.22. The minimum absolute atomic E-state index is 0.0416. The molecule has 0 aromatic heterocycles. The Hall–Kier alpha value is -0.620. The highest BCUT2D eigenvalue weighted by molar-refractivity contribution is 7.91. The maximum Gasteiger partial charge on any atom is 0.236 e. The van der Waals surface area contributed by atoms with Gasteiger partial charge in [-0.2, -0.15) is 0 Å². The average molecular weight is 206 g/mol. The minimum Gasteiger partial charge on any atom is -0.341 e. The fourth-order valence-electron chi connectivity index (χ4n) is 1.32. The molecule has 0 atom stereocenters. The van der Waals surface area contributed by atoms with E-state index in [2.05, 4.69) is 0 Å². The molecule has 0 aliphatic carbocycles. The van der Waals surface area contributed by atoms with Crippen LogP contribution in [0, 0.1) is 0 Å². The van der Waals surface area contributed by atoms with Crippen molar-refractivity contribution in [1.29, 1.82) is 0 Å². The standard InChI is InChI=1S/C7H14N2O3S/c8-6-7(10)9-2-1-4-13(11,12)5-3-9/h1-6,8H2. The summed E-state index contributed by atoms with van der Waals surface area (Å²) < 4.78 is 22.3. The summed E-state index contributed by atoms with van der Waals surface area (Å²) in [5.74, 6) is 0.0807. The topological polar surface area (TPSA) is 80.5 Å². The predicted molar refractivity (Wildman–Crippen MR) is 48.9 cm³/mol. The maximum absolute atomic E-state index is 11.2. The predicted octanol–water partition coefficient (Wildman–Crippen LogP) is -1.41. The Morgan fingerprint density at radius 2 is 2.00 bits per heavy atom. The molecular weight excluding hydrogens is 192 g/mol. The van der Waals surface area contributed by atoms with Crippen molar-refractivity contribution >= 4 is 15.7 Å². The molecule has 0 spiro atoms. The number of hydrogen-bond donors (Lipinski definition) is 1. The van der Waals surface area contributed by atoms with Gasteiger partial charge >= 0.3 is 0 Å². The molecule has 1 fully saturated rings. The first-order valence-electron chi connectivity index (χ1n) is 4.23. The lowest BCUT2D eigenvalue weighted by Gasteiger charge is -2.18. The average Bonchev–Trinajstić information content (AvgIpc) is 2.25. The number of sulfone groups is 1. The van der Waals surface area contributed by atoms with E-state index < -0.39 is 9.84 Å². The molecule has 5 nitrogen and oxygen atoms in total. The molecule has 1 aliphatic heterocycles. The van der Waals surface area contributed by atoms with Gasteiger partial charge in [-0.25, -0.2) is 8.42 Å². The van der Waals surface area contributed by atoms with Crippen molar-refractivity contribution in [3.63, 3.8) is 0 Å². The van der Waals surface area contributed by atoms with Gasteiger partial charge in [0.15, 0.2) is 9.84 Å². The number of hydrogen-bond acceptors (Lipinski definition) is 4. The Morgan fingerprint density at radius 1 is 1.31 bits per heavy atom. The SMILES string of the molecule is NCC(=O)N1CCCS(=O)(=O)CC1. The molecule has 1 aliphatic rings. The third-order valence-corrected chi connectivity index (χ3v) is 3.80. The quantitative estimate of drug-likeness (QED) is 0.571. The molecule has 2 N–H and O–H groups in total. The van der Waals surface area contributed by atoms with Gasteiger partial charge in [0.25, 0.3) is 0 Å². The van der Waals surface area contributed by atoms with Crippen molar-refractivity contribution in [1.82, 2.24) is 4.90 Å². The van der Waals surface area contributed by atoms with E-state index in [0.29, 0.717) is 19.5 Å². The van der Waals surface area contributed by atoms with Crippen LogP contribution in [0.15, 0.2) is 0 Å². The number of nitrogens with two attached hydrogens (primary N) is 1. The summed E-state index contributed by atoms with van der Waals surface area (Å²) in [4.78, 5) is 12.7. The lowest BCUT2D eigenvalue weighted by Crippen LogP contribution is -2.37. The van der Waals surface area contributed by atoms with E-state index in [0.717, 1.165) is 0 Å². The lowest BCUT2D eigenvalue weighted by atomic mass is 10.4. The van der Waals surface area contributed by atoms with Crippen LogP contribution in [0.3, 0.4) is 0 Å². The smallest absolute Gasteiger partial charge is 0.236 e. The van der Waals surface area contributed by atoms with Crippen molar-refractivity contribution < 1.29 is 13.2 Å². The normalized spacial score (nSPS) is 22.4. The minimum atomic E-state index is -2.93. The van der Waals surface area contributed by atoms with Crippen LogP contribution in [-0.2, 0) is 14.6 Å². The number of amides is 1. The fraction of sp³-hybridized carbons (Fsp3) is 0.857. The first-order valence-corrected chi connectivity index (χ1v) is 6.05. The molecule has 6 heteroatoms. The summed E-state index contributed by atoms with van der Waals surface area (Å²) in [6, 6.07) is 0.